The number of sulfonamides is 1. The molecule has 9 nitrogen and oxygen atoms in total. The maximum atomic E-state index is 12.9. The van der Waals surface area contributed by atoms with Gasteiger partial charge < -0.3 is 4.57 Å². The van der Waals surface area contributed by atoms with E-state index in [0.29, 0.717) is 26.2 Å². The van der Waals surface area contributed by atoms with Crippen LogP contribution in [-0.2, 0) is 16.6 Å². The summed E-state index contributed by atoms with van der Waals surface area (Å²) in [6.07, 6.45) is 5.36. The number of benzene rings is 2. The second-order valence-corrected chi connectivity index (χ2v) is 9.01. The molecule has 0 saturated carbocycles. The lowest BCUT2D eigenvalue weighted by Gasteiger charge is -2.34. The van der Waals surface area contributed by atoms with Crippen LogP contribution in [0.3, 0.4) is 0 Å². The van der Waals surface area contributed by atoms with Crippen LogP contribution in [0.4, 0.5) is 5.69 Å². The highest BCUT2D eigenvalue weighted by Crippen LogP contribution is 2.22. The van der Waals surface area contributed by atoms with Crippen LogP contribution in [0.15, 0.2) is 72.1 Å². The maximum Gasteiger partial charge on any atom is 0.270 e. The zero-order chi connectivity index (χ0) is 21.1. The van der Waals surface area contributed by atoms with Gasteiger partial charge >= 0.3 is 0 Å². The number of rotatable bonds is 6. The third-order valence-corrected chi connectivity index (χ3v) is 7.04. The van der Waals surface area contributed by atoms with Gasteiger partial charge in [0.2, 0.25) is 10.0 Å². The van der Waals surface area contributed by atoms with E-state index in [1.54, 1.807) is 12.5 Å². The second kappa shape index (κ2) is 8.34. The number of aromatic nitrogens is 2. The number of hydrogen-bond acceptors (Lipinski definition) is 6. The Morgan fingerprint density at radius 2 is 1.77 bits per heavy atom. The summed E-state index contributed by atoms with van der Waals surface area (Å²) in [5.41, 5.74) is 1.95. The number of nitro groups is 1. The Balaban J connectivity index is 1.38. The molecule has 30 heavy (non-hydrogen) atoms. The molecule has 1 aliphatic heterocycles. The SMILES string of the molecule is O=[N+]([O-])c1cccc(S(=O)(=O)N2CCN(Cc3ccc(-n4ccnc4)cc3)CC2)c1. The smallest absolute Gasteiger partial charge is 0.270 e. The van der Waals surface area contributed by atoms with E-state index in [0.717, 1.165) is 23.9 Å². The zero-order valence-electron chi connectivity index (χ0n) is 16.2. The fraction of sp³-hybridized carbons (Fsp3) is 0.250. The highest BCUT2D eigenvalue weighted by Gasteiger charge is 2.29. The Kier molecular flexibility index (Phi) is 5.62. The van der Waals surface area contributed by atoms with Gasteiger partial charge in [0.05, 0.1) is 16.1 Å². The molecule has 1 saturated heterocycles. The summed E-state index contributed by atoms with van der Waals surface area (Å²) in [4.78, 5) is 16.6. The number of non-ortho nitro benzene ring substituents is 1. The molecule has 10 heteroatoms. The van der Waals surface area contributed by atoms with Gasteiger partial charge in [0, 0.05) is 62.9 Å². The molecular formula is C20H21N5O4S. The van der Waals surface area contributed by atoms with Gasteiger partial charge in [0.25, 0.3) is 5.69 Å². The molecule has 156 valence electrons. The summed E-state index contributed by atoms with van der Waals surface area (Å²) < 4.78 is 29.0. The molecule has 1 fully saturated rings. The number of imidazole rings is 1. The topological polar surface area (TPSA) is 102 Å². The molecule has 1 aromatic heterocycles. The molecule has 4 rings (SSSR count). The number of nitro benzene ring substituents is 1. The van der Waals surface area contributed by atoms with Crippen molar-refractivity contribution >= 4 is 15.7 Å². The van der Waals surface area contributed by atoms with Gasteiger partial charge in [-0.1, -0.05) is 18.2 Å². The van der Waals surface area contributed by atoms with Crippen LogP contribution < -0.4 is 0 Å². The average molecular weight is 427 g/mol. The summed E-state index contributed by atoms with van der Waals surface area (Å²) in [5, 5.41) is 10.9. The largest absolute Gasteiger partial charge is 0.306 e. The van der Waals surface area contributed by atoms with Crippen molar-refractivity contribution < 1.29 is 13.3 Å². The molecule has 2 heterocycles. The van der Waals surface area contributed by atoms with Gasteiger partial charge in [-0.3, -0.25) is 15.0 Å². The van der Waals surface area contributed by atoms with Crippen molar-refractivity contribution in [3.8, 4) is 5.69 Å². The molecule has 0 unspecified atom stereocenters. The Bertz CT molecular complexity index is 1120. The first-order valence-corrected chi connectivity index (χ1v) is 10.9. The first-order chi connectivity index (χ1) is 14.4. The number of piperazine rings is 1. The summed E-state index contributed by atoms with van der Waals surface area (Å²) in [7, 11) is -3.75. The Labute approximate surface area is 174 Å². The molecule has 0 aliphatic carbocycles. The van der Waals surface area contributed by atoms with Crippen LogP contribution in [0, 0.1) is 10.1 Å². The van der Waals surface area contributed by atoms with Gasteiger partial charge in [0.1, 0.15) is 0 Å². The van der Waals surface area contributed by atoms with Crippen LogP contribution in [0.5, 0.6) is 0 Å². The minimum atomic E-state index is -3.75. The molecule has 2 aromatic carbocycles. The van der Waals surface area contributed by atoms with Gasteiger partial charge in [0.15, 0.2) is 0 Å². The van der Waals surface area contributed by atoms with Gasteiger partial charge in [-0.15, -0.1) is 0 Å². The van der Waals surface area contributed by atoms with Gasteiger partial charge in [-0.2, -0.15) is 4.31 Å². The standard InChI is InChI=1S/C20H21N5O4S/c26-25(27)19-2-1-3-20(14-19)30(28,29)24-12-10-22(11-13-24)15-17-4-6-18(7-5-17)23-9-8-21-16-23/h1-9,14,16H,10-13,15H2. The first-order valence-electron chi connectivity index (χ1n) is 9.48. The predicted octanol–water partition coefficient (Wildman–Crippen LogP) is 2.29. The van der Waals surface area contributed by atoms with E-state index in [1.165, 1.54) is 22.5 Å². The van der Waals surface area contributed by atoms with Crippen LogP contribution in [0.25, 0.3) is 5.69 Å². The highest BCUT2D eigenvalue weighted by molar-refractivity contribution is 7.89. The second-order valence-electron chi connectivity index (χ2n) is 7.07. The van der Waals surface area contributed by atoms with Crippen LogP contribution in [0.1, 0.15) is 5.56 Å². The summed E-state index contributed by atoms with van der Waals surface area (Å²) >= 11 is 0. The normalized spacial score (nSPS) is 15.9. The lowest BCUT2D eigenvalue weighted by atomic mass is 10.2. The van der Waals surface area contributed by atoms with Crippen molar-refractivity contribution in [3.63, 3.8) is 0 Å². The van der Waals surface area contributed by atoms with E-state index < -0.39 is 14.9 Å². The fourth-order valence-corrected chi connectivity index (χ4v) is 4.94. The lowest BCUT2D eigenvalue weighted by Crippen LogP contribution is -2.48. The lowest BCUT2D eigenvalue weighted by molar-refractivity contribution is -0.385. The van der Waals surface area contributed by atoms with Crippen LogP contribution >= 0.6 is 0 Å². The Morgan fingerprint density at radius 3 is 2.40 bits per heavy atom. The van der Waals surface area contributed by atoms with Crippen molar-refractivity contribution in [3.05, 3.63) is 82.9 Å². The van der Waals surface area contributed by atoms with E-state index in [-0.39, 0.29) is 10.6 Å². The molecule has 0 atom stereocenters. The average Bonchev–Trinajstić information content (AvgIpc) is 3.30. The number of nitrogens with zero attached hydrogens (tertiary/aromatic N) is 5. The highest BCUT2D eigenvalue weighted by atomic mass is 32.2. The predicted molar refractivity (Wildman–Crippen MR) is 111 cm³/mol. The van der Waals surface area contributed by atoms with Crippen molar-refractivity contribution in [2.24, 2.45) is 0 Å². The van der Waals surface area contributed by atoms with Crippen molar-refractivity contribution in [2.75, 3.05) is 26.2 Å². The van der Waals surface area contributed by atoms with E-state index in [2.05, 4.69) is 22.0 Å². The van der Waals surface area contributed by atoms with E-state index in [4.69, 9.17) is 0 Å². The third-order valence-electron chi connectivity index (χ3n) is 5.14. The summed E-state index contributed by atoms with van der Waals surface area (Å²) in [6.45, 7) is 2.61. The third kappa shape index (κ3) is 4.25. The van der Waals surface area contributed by atoms with Crippen LogP contribution in [-0.4, -0.2) is 58.3 Å². The molecule has 3 aromatic rings. The van der Waals surface area contributed by atoms with Crippen molar-refractivity contribution in [1.82, 2.24) is 18.8 Å². The molecular weight excluding hydrogens is 406 g/mol. The van der Waals surface area contributed by atoms with Crippen LogP contribution in [0.2, 0.25) is 0 Å². The number of hydrogen-bond donors (Lipinski definition) is 0. The zero-order valence-corrected chi connectivity index (χ0v) is 17.0. The molecule has 0 radical (unpaired) electrons. The Hall–Kier alpha value is -3.08. The quantitative estimate of drug-likeness (QED) is 0.442. The molecule has 0 amide bonds. The first kappa shape index (κ1) is 20.2. The Morgan fingerprint density at radius 1 is 1.03 bits per heavy atom. The minimum absolute atomic E-state index is 0.0414. The van der Waals surface area contributed by atoms with E-state index in [1.807, 2.05) is 22.9 Å². The van der Waals surface area contributed by atoms with Gasteiger partial charge in [-0.05, 0) is 23.8 Å². The van der Waals surface area contributed by atoms with E-state index >= 15 is 0 Å². The maximum absolute atomic E-state index is 12.9. The molecule has 0 bridgehead atoms. The molecule has 0 spiro atoms. The van der Waals surface area contributed by atoms with Crippen molar-refractivity contribution in [1.29, 1.82) is 0 Å². The minimum Gasteiger partial charge on any atom is -0.306 e. The summed E-state index contributed by atoms with van der Waals surface area (Å²) in [6, 6.07) is 13.4. The monoisotopic (exact) mass is 427 g/mol. The van der Waals surface area contributed by atoms with E-state index in [9.17, 15) is 18.5 Å². The summed E-state index contributed by atoms with van der Waals surface area (Å²) in [5.74, 6) is 0. The molecule has 1 aliphatic rings. The fourth-order valence-electron chi connectivity index (χ4n) is 3.48. The van der Waals surface area contributed by atoms with Crippen molar-refractivity contribution in [2.45, 2.75) is 11.4 Å². The molecule has 0 N–H and O–H groups in total. The van der Waals surface area contributed by atoms with Gasteiger partial charge in [-0.25, -0.2) is 13.4 Å².